The lowest BCUT2D eigenvalue weighted by Gasteiger charge is -2.13. The Morgan fingerprint density at radius 2 is 1.74 bits per heavy atom. The van der Waals surface area contributed by atoms with Crippen LogP contribution in [0.2, 0.25) is 0 Å². The molecule has 7 nitrogen and oxygen atoms in total. The SMILES string of the molecule is CCCCCCCCCCCCNC(=O)C(c1ccccn1)c1nn[nH]n1. The molecule has 0 saturated heterocycles. The third kappa shape index (κ3) is 7.85. The highest BCUT2D eigenvalue weighted by Crippen LogP contribution is 2.19. The molecule has 2 aromatic rings. The molecular formula is C20H32N6O. The summed E-state index contributed by atoms with van der Waals surface area (Å²) < 4.78 is 0. The first-order valence-electron chi connectivity index (χ1n) is 10.2. The number of tetrazole rings is 1. The van der Waals surface area contributed by atoms with E-state index in [4.69, 9.17) is 0 Å². The first-order valence-corrected chi connectivity index (χ1v) is 10.2. The predicted molar refractivity (Wildman–Crippen MR) is 105 cm³/mol. The van der Waals surface area contributed by atoms with Gasteiger partial charge >= 0.3 is 0 Å². The van der Waals surface area contributed by atoms with E-state index in [1.165, 1.54) is 51.4 Å². The van der Waals surface area contributed by atoms with Crippen molar-refractivity contribution in [3.63, 3.8) is 0 Å². The van der Waals surface area contributed by atoms with E-state index >= 15 is 0 Å². The van der Waals surface area contributed by atoms with Crippen LogP contribution in [-0.2, 0) is 4.79 Å². The van der Waals surface area contributed by atoms with Crippen LogP contribution >= 0.6 is 0 Å². The third-order valence-electron chi connectivity index (χ3n) is 4.70. The Morgan fingerprint density at radius 3 is 2.33 bits per heavy atom. The van der Waals surface area contributed by atoms with Crippen LogP contribution in [0.4, 0.5) is 0 Å². The van der Waals surface area contributed by atoms with E-state index in [0.29, 0.717) is 18.1 Å². The summed E-state index contributed by atoms with van der Waals surface area (Å²) in [5.74, 6) is -0.423. The summed E-state index contributed by atoms with van der Waals surface area (Å²) >= 11 is 0. The van der Waals surface area contributed by atoms with Gasteiger partial charge in [-0.25, -0.2) is 0 Å². The molecule has 2 rings (SSSR count). The average Bonchev–Trinajstić information content (AvgIpc) is 3.21. The zero-order valence-electron chi connectivity index (χ0n) is 16.4. The minimum absolute atomic E-state index is 0.133. The lowest BCUT2D eigenvalue weighted by atomic mass is 10.0. The summed E-state index contributed by atoms with van der Waals surface area (Å²) in [6.45, 7) is 2.91. The number of aromatic nitrogens is 5. The molecule has 0 aliphatic carbocycles. The van der Waals surface area contributed by atoms with Gasteiger partial charge in [-0.15, -0.1) is 10.2 Å². The minimum atomic E-state index is -0.631. The number of nitrogens with zero attached hydrogens (tertiary/aromatic N) is 4. The monoisotopic (exact) mass is 372 g/mol. The molecule has 0 aliphatic rings. The fraction of sp³-hybridized carbons (Fsp3) is 0.650. The summed E-state index contributed by atoms with van der Waals surface area (Å²) in [7, 11) is 0. The van der Waals surface area contributed by atoms with E-state index in [-0.39, 0.29) is 5.91 Å². The maximum atomic E-state index is 12.6. The minimum Gasteiger partial charge on any atom is -0.355 e. The summed E-state index contributed by atoms with van der Waals surface area (Å²) in [4.78, 5) is 16.9. The van der Waals surface area contributed by atoms with Gasteiger partial charge in [-0.3, -0.25) is 9.78 Å². The summed E-state index contributed by atoms with van der Waals surface area (Å²) in [6, 6.07) is 5.48. The number of carbonyl (C=O) groups is 1. The van der Waals surface area contributed by atoms with E-state index in [9.17, 15) is 4.79 Å². The first-order chi connectivity index (χ1) is 13.3. The number of hydrogen-bond acceptors (Lipinski definition) is 5. The van der Waals surface area contributed by atoms with Gasteiger partial charge in [-0.1, -0.05) is 76.0 Å². The van der Waals surface area contributed by atoms with Gasteiger partial charge in [0.1, 0.15) is 5.92 Å². The molecule has 1 amide bonds. The van der Waals surface area contributed by atoms with Crippen molar-refractivity contribution in [2.75, 3.05) is 6.54 Å². The van der Waals surface area contributed by atoms with Crippen LogP contribution in [0, 0.1) is 0 Å². The molecule has 1 unspecified atom stereocenters. The normalized spacial score (nSPS) is 12.0. The van der Waals surface area contributed by atoms with E-state index in [1.54, 1.807) is 12.3 Å². The average molecular weight is 373 g/mol. The van der Waals surface area contributed by atoms with Crippen molar-refractivity contribution < 1.29 is 4.79 Å². The lowest BCUT2D eigenvalue weighted by Crippen LogP contribution is -2.32. The molecule has 2 heterocycles. The smallest absolute Gasteiger partial charge is 0.237 e. The summed E-state index contributed by atoms with van der Waals surface area (Å²) in [6.07, 6.45) is 14.4. The van der Waals surface area contributed by atoms with E-state index in [0.717, 1.165) is 12.8 Å². The molecule has 0 radical (unpaired) electrons. The molecule has 0 fully saturated rings. The Kier molecular flexibility index (Phi) is 10.1. The number of aromatic amines is 1. The fourth-order valence-corrected chi connectivity index (χ4v) is 3.15. The van der Waals surface area contributed by atoms with Crippen LogP contribution in [0.25, 0.3) is 0 Å². The van der Waals surface area contributed by atoms with E-state index in [1.807, 2.05) is 12.1 Å². The second-order valence-corrected chi connectivity index (χ2v) is 6.93. The van der Waals surface area contributed by atoms with E-state index in [2.05, 4.69) is 37.8 Å². The summed E-state index contributed by atoms with van der Waals surface area (Å²) in [5, 5.41) is 16.9. The Bertz CT molecular complexity index is 617. The number of nitrogens with one attached hydrogen (secondary N) is 2. The standard InChI is InChI=1S/C20H32N6O/c1-2-3-4-5-6-7-8-9-10-12-16-22-20(27)18(19-23-25-26-24-19)17-14-11-13-15-21-17/h11,13-15,18H,2-10,12,16H2,1H3,(H,22,27)(H,23,24,25,26). The van der Waals surface area contributed by atoms with Crippen LogP contribution < -0.4 is 5.32 Å². The van der Waals surface area contributed by atoms with Crippen molar-refractivity contribution >= 4 is 5.91 Å². The number of pyridine rings is 1. The molecule has 2 N–H and O–H groups in total. The largest absolute Gasteiger partial charge is 0.355 e. The van der Waals surface area contributed by atoms with Crippen molar-refractivity contribution in [1.29, 1.82) is 0 Å². The Balaban J connectivity index is 1.64. The van der Waals surface area contributed by atoms with Crippen molar-refractivity contribution in [2.45, 2.75) is 77.0 Å². The highest BCUT2D eigenvalue weighted by molar-refractivity contribution is 5.85. The molecule has 0 saturated carbocycles. The highest BCUT2D eigenvalue weighted by atomic mass is 16.1. The van der Waals surface area contributed by atoms with E-state index < -0.39 is 5.92 Å². The maximum absolute atomic E-state index is 12.6. The van der Waals surface area contributed by atoms with Crippen molar-refractivity contribution in [1.82, 2.24) is 30.9 Å². The molecule has 148 valence electrons. The lowest BCUT2D eigenvalue weighted by molar-refractivity contribution is -0.121. The van der Waals surface area contributed by atoms with Gasteiger partial charge in [0.15, 0.2) is 5.82 Å². The zero-order chi connectivity index (χ0) is 19.2. The predicted octanol–water partition coefficient (Wildman–Crippen LogP) is 3.76. The molecule has 0 spiro atoms. The molecular weight excluding hydrogens is 340 g/mol. The number of unbranched alkanes of at least 4 members (excludes halogenated alkanes) is 9. The van der Waals surface area contributed by atoms with Crippen molar-refractivity contribution in [2.24, 2.45) is 0 Å². The zero-order valence-corrected chi connectivity index (χ0v) is 16.4. The van der Waals surface area contributed by atoms with Crippen LogP contribution in [-0.4, -0.2) is 38.1 Å². The second kappa shape index (κ2) is 12.9. The maximum Gasteiger partial charge on any atom is 0.237 e. The number of hydrogen-bond donors (Lipinski definition) is 2. The number of rotatable bonds is 14. The molecule has 0 aliphatic heterocycles. The van der Waals surface area contributed by atoms with Gasteiger partial charge in [0, 0.05) is 12.7 Å². The van der Waals surface area contributed by atoms with Crippen molar-refractivity contribution in [3.8, 4) is 0 Å². The fourth-order valence-electron chi connectivity index (χ4n) is 3.15. The first kappa shape index (κ1) is 21.0. The van der Waals surface area contributed by atoms with Gasteiger partial charge in [-0.2, -0.15) is 5.21 Å². The Labute approximate surface area is 161 Å². The molecule has 0 bridgehead atoms. The molecule has 2 aromatic heterocycles. The third-order valence-corrected chi connectivity index (χ3v) is 4.70. The Hall–Kier alpha value is -2.31. The van der Waals surface area contributed by atoms with Crippen molar-refractivity contribution in [3.05, 3.63) is 35.9 Å². The van der Waals surface area contributed by atoms with Gasteiger partial charge < -0.3 is 5.32 Å². The van der Waals surface area contributed by atoms with Crippen LogP contribution in [0.5, 0.6) is 0 Å². The second-order valence-electron chi connectivity index (χ2n) is 6.93. The number of H-pyrrole nitrogens is 1. The topological polar surface area (TPSA) is 96.5 Å². The molecule has 1 atom stereocenters. The van der Waals surface area contributed by atoms with Crippen LogP contribution in [0.1, 0.15) is 88.6 Å². The number of carbonyl (C=O) groups excluding carboxylic acids is 1. The summed E-state index contributed by atoms with van der Waals surface area (Å²) in [5.41, 5.74) is 0.625. The van der Waals surface area contributed by atoms with Gasteiger partial charge in [0.2, 0.25) is 5.91 Å². The molecule has 0 aromatic carbocycles. The van der Waals surface area contributed by atoms with Crippen LogP contribution in [0.15, 0.2) is 24.4 Å². The van der Waals surface area contributed by atoms with Gasteiger partial charge in [-0.05, 0) is 18.6 Å². The van der Waals surface area contributed by atoms with Crippen LogP contribution in [0.3, 0.4) is 0 Å². The number of amides is 1. The highest BCUT2D eigenvalue weighted by Gasteiger charge is 2.27. The molecule has 27 heavy (non-hydrogen) atoms. The van der Waals surface area contributed by atoms with Gasteiger partial charge in [0.05, 0.1) is 5.69 Å². The quantitative estimate of drug-likeness (QED) is 0.492. The molecule has 7 heteroatoms. The van der Waals surface area contributed by atoms with Gasteiger partial charge in [0.25, 0.3) is 0 Å². The Morgan fingerprint density at radius 1 is 1.04 bits per heavy atom.